The van der Waals surface area contributed by atoms with Crippen LogP contribution in [0.25, 0.3) is 0 Å². The summed E-state index contributed by atoms with van der Waals surface area (Å²) in [6.07, 6.45) is -1.08. The van der Waals surface area contributed by atoms with E-state index in [1.54, 1.807) is 0 Å². The third-order valence-corrected chi connectivity index (χ3v) is 2.74. The summed E-state index contributed by atoms with van der Waals surface area (Å²) in [6.45, 7) is 1.46. The number of nitrogens with two attached hydrogens (primary N) is 1. The van der Waals surface area contributed by atoms with E-state index in [0.717, 1.165) is 0 Å². The molecule has 0 amide bonds. The summed E-state index contributed by atoms with van der Waals surface area (Å²) in [7, 11) is -3.87. The van der Waals surface area contributed by atoms with Crippen LogP contribution < -0.4 is 9.86 Å². The van der Waals surface area contributed by atoms with Crippen molar-refractivity contribution in [1.82, 2.24) is 4.72 Å². The summed E-state index contributed by atoms with van der Waals surface area (Å²) in [5.74, 6) is -0.428. The third-order valence-electron chi connectivity index (χ3n) is 2.04. The zero-order chi connectivity index (χ0) is 12.3. The van der Waals surface area contributed by atoms with E-state index in [2.05, 4.69) is 0 Å². The van der Waals surface area contributed by atoms with Crippen molar-refractivity contribution in [3.63, 3.8) is 0 Å². The Morgan fingerprint density at radius 3 is 2.31 bits per heavy atom. The van der Waals surface area contributed by atoms with E-state index in [4.69, 9.17) is 5.14 Å². The van der Waals surface area contributed by atoms with Crippen LogP contribution in [0.5, 0.6) is 0 Å². The molecule has 0 aliphatic rings. The summed E-state index contributed by atoms with van der Waals surface area (Å²) in [5.41, 5.74) is 0.407. The van der Waals surface area contributed by atoms with E-state index >= 15 is 0 Å². The number of aliphatic hydroxyl groups excluding tert-OH is 1. The molecule has 16 heavy (non-hydrogen) atoms. The molecule has 0 aromatic heterocycles. The van der Waals surface area contributed by atoms with E-state index in [-0.39, 0.29) is 0 Å². The van der Waals surface area contributed by atoms with Gasteiger partial charge in [0.1, 0.15) is 5.82 Å². The smallest absolute Gasteiger partial charge is 0.274 e. The lowest BCUT2D eigenvalue weighted by molar-refractivity contribution is 0.146. The standard InChI is InChI=1S/C9H13FN2O3S/c1-6(12-16(11,14)15)9(13)7-2-4-8(10)5-3-7/h2-6,9,12-13H,1H3,(H2,11,14,15). The summed E-state index contributed by atoms with van der Waals surface area (Å²) in [6, 6.07) is 4.33. The molecule has 0 spiro atoms. The van der Waals surface area contributed by atoms with Crippen molar-refractivity contribution in [2.45, 2.75) is 19.1 Å². The van der Waals surface area contributed by atoms with Crippen LogP contribution in [0.1, 0.15) is 18.6 Å². The minimum absolute atomic E-state index is 0.407. The molecular weight excluding hydrogens is 235 g/mol. The monoisotopic (exact) mass is 248 g/mol. The number of benzene rings is 1. The molecule has 2 unspecified atom stereocenters. The van der Waals surface area contributed by atoms with Crippen molar-refractivity contribution in [2.75, 3.05) is 0 Å². The third kappa shape index (κ3) is 3.86. The molecule has 7 heteroatoms. The summed E-state index contributed by atoms with van der Waals surface area (Å²) < 4.78 is 36.1. The highest BCUT2D eigenvalue weighted by atomic mass is 32.2. The summed E-state index contributed by atoms with van der Waals surface area (Å²) in [5, 5.41) is 14.5. The molecule has 2 atom stereocenters. The van der Waals surface area contributed by atoms with Crippen molar-refractivity contribution in [1.29, 1.82) is 0 Å². The SMILES string of the molecule is CC(NS(N)(=O)=O)C(O)c1ccc(F)cc1. The second-order valence-electron chi connectivity index (χ2n) is 3.45. The predicted molar refractivity (Wildman–Crippen MR) is 57.1 cm³/mol. The lowest BCUT2D eigenvalue weighted by Crippen LogP contribution is -2.40. The van der Waals surface area contributed by atoms with Crippen molar-refractivity contribution in [2.24, 2.45) is 5.14 Å². The van der Waals surface area contributed by atoms with E-state index in [0.29, 0.717) is 5.56 Å². The molecule has 0 fully saturated rings. The maximum absolute atomic E-state index is 12.6. The minimum Gasteiger partial charge on any atom is -0.387 e. The minimum atomic E-state index is -3.87. The molecule has 0 bridgehead atoms. The fraction of sp³-hybridized carbons (Fsp3) is 0.333. The Balaban J connectivity index is 2.78. The van der Waals surface area contributed by atoms with Gasteiger partial charge in [-0.3, -0.25) is 0 Å². The van der Waals surface area contributed by atoms with Gasteiger partial charge in [0.25, 0.3) is 10.2 Å². The molecule has 1 aromatic carbocycles. The van der Waals surface area contributed by atoms with Gasteiger partial charge in [-0.25, -0.2) is 9.53 Å². The van der Waals surface area contributed by atoms with Crippen molar-refractivity contribution >= 4 is 10.2 Å². The van der Waals surface area contributed by atoms with Gasteiger partial charge in [0, 0.05) is 0 Å². The average Bonchev–Trinajstić information content (AvgIpc) is 2.15. The van der Waals surface area contributed by atoms with Crippen LogP contribution in [0.4, 0.5) is 4.39 Å². The predicted octanol–water partition coefficient (Wildman–Crippen LogP) is 0.0407. The van der Waals surface area contributed by atoms with Gasteiger partial charge in [-0.1, -0.05) is 12.1 Å². The van der Waals surface area contributed by atoms with Crippen LogP contribution in [-0.2, 0) is 10.2 Å². The maximum atomic E-state index is 12.6. The van der Waals surface area contributed by atoms with E-state index in [9.17, 15) is 17.9 Å². The van der Waals surface area contributed by atoms with Crippen LogP contribution in [0, 0.1) is 5.82 Å². The quantitative estimate of drug-likeness (QED) is 0.702. The topological polar surface area (TPSA) is 92.4 Å². The molecule has 1 rings (SSSR count). The Morgan fingerprint density at radius 1 is 1.38 bits per heavy atom. The highest BCUT2D eigenvalue weighted by molar-refractivity contribution is 7.87. The Bertz CT molecular complexity index is 446. The first-order valence-corrected chi connectivity index (χ1v) is 6.08. The van der Waals surface area contributed by atoms with Crippen LogP contribution in [0.3, 0.4) is 0 Å². The van der Waals surface area contributed by atoms with E-state index in [1.807, 2.05) is 4.72 Å². The molecule has 90 valence electrons. The fourth-order valence-electron chi connectivity index (χ4n) is 1.27. The van der Waals surface area contributed by atoms with Crippen LogP contribution in [-0.4, -0.2) is 19.6 Å². The van der Waals surface area contributed by atoms with Gasteiger partial charge in [0.2, 0.25) is 0 Å². The largest absolute Gasteiger partial charge is 0.387 e. The van der Waals surface area contributed by atoms with Crippen LogP contribution >= 0.6 is 0 Å². The zero-order valence-electron chi connectivity index (χ0n) is 8.59. The zero-order valence-corrected chi connectivity index (χ0v) is 9.41. The lowest BCUT2D eigenvalue weighted by atomic mass is 10.0. The van der Waals surface area contributed by atoms with Gasteiger partial charge in [-0.05, 0) is 24.6 Å². The number of aliphatic hydroxyl groups is 1. The van der Waals surface area contributed by atoms with Gasteiger partial charge < -0.3 is 5.11 Å². The molecule has 0 aliphatic heterocycles. The fourth-order valence-corrected chi connectivity index (χ4v) is 1.92. The van der Waals surface area contributed by atoms with Gasteiger partial charge in [0.15, 0.2) is 0 Å². The van der Waals surface area contributed by atoms with Crippen LogP contribution in [0.15, 0.2) is 24.3 Å². The first-order valence-electron chi connectivity index (χ1n) is 4.53. The molecule has 5 nitrogen and oxygen atoms in total. The normalized spacial score (nSPS) is 15.8. The van der Waals surface area contributed by atoms with Gasteiger partial charge in [-0.15, -0.1) is 0 Å². The molecule has 0 saturated carbocycles. The first kappa shape index (κ1) is 13.0. The first-order chi connectivity index (χ1) is 7.29. The van der Waals surface area contributed by atoms with E-state index < -0.39 is 28.2 Å². The number of halogens is 1. The molecule has 0 radical (unpaired) electrons. The average molecular weight is 248 g/mol. The van der Waals surface area contributed by atoms with Crippen molar-refractivity contribution < 1.29 is 17.9 Å². The highest BCUT2D eigenvalue weighted by Gasteiger charge is 2.19. The summed E-state index contributed by atoms with van der Waals surface area (Å²) >= 11 is 0. The van der Waals surface area contributed by atoms with Gasteiger partial charge in [0.05, 0.1) is 12.1 Å². The second kappa shape index (κ2) is 4.88. The summed E-state index contributed by atoms with van der Waals surface area (Å²) in [4.78, 5) is 0. The Hall–Kier alpha value is -1.02. The van der Waals surface area contributed by atoms with Gasteiger partial charge in [-0.2, -0.15) is 13.1 Å². The van der Waals surface area contributed by atoms with Crippen molar-refractivity contribution in [3.05, 3.63) is 35.6 Å². The molecule has 0 aliphatic carbocycles. The van der Waals surface area contributed by atoms with Crippen LogP contribution in [0.2, 0.25) is 0 Å². The van der Waals surface area contributed by atoms with Crippen molar-refractivity contribution in [3.8, 4) is 0 Å². The molecule has 0 saturated heterocycles. The lowest BCUT2D eigenvalue weighted by Gasteiger charge is -2.19. The number of nitrogens with one attached hydrogen (secondary N) is 1. The molecule has 4 N–H and O–H groups in total. The number of hydrogen-bond donors (Lipinski definition) is 3. The Morgan fingerprint density at radius 2 is 1.88 bits per heavy atom. The number of hydrogen-bond acceptors (Lipinski definition) is 3. The van der Waals surface area contributed by atoms with E-state index in [1.165, 1.54) is 31.2 Å². The Labute approximate surface area is 93.3 Å². The Kier molecular flexibility index (Phi) is 3.98. The second-order valence-corrected chi connectivity index (χ2v) is 4.77. The number of rotatable bonds is 4. The molecule has 0 heterocycles. The maximum Gasteiger partial charge on any atom is 0.274 e. The molecule has 1 aromatic rings. The van der Waals surface area contributed by atoms with Gasteiger partial charge >= 0.3 is 0 Å². The highest BCUT2D eigenvalue weighted by Crippen LogP contribution is 2.17. The molecular formula is C9H13FN2O3S.